The Labute approximate surface area is 88.0 Å². The maximum atomic E-state index is 2.94. The molecule has 0 unspecified atom stereocenters. The van der Waals surface area contributed by atoms with Gasteiger partial charge >= 0.3 is 0 Å². The van der Waals surface area contributed by atoms with Crippen molar-refractivity contribution in [1.29, 1.82) is 0 Å². The molecule has 0 heteroatoms. The van der Waals surface area contributed by atoms with E-state index in [9.17, 15) is 0 Å². The number of rotatable bonds is 0. The van der Waals surface area contributed by atoms with Gasteiger partial charge in [0.15, 0.2) is 0 Å². The van der Waals surface area contributed by atoms with Crippen LogP contribution in [0.1, 0.15) is 41.5 Å². The molecule has 0 aromatic carbocycles. The van der Waals surface area contributed by atoms with E-state index in [-0.39, 0.29) is 10.8 Å². The van der Waals surface area contributed by atoms with E-state index in [0.717, 1.165) is 0 Å². The summed E-state index contributed by atoms with van der Waals surface area (Å²) in [6, 6.07) is 0. The molecule has 0 amide bonds. The Morgan fingerprint density at radius 1 is 0.643 bits per heavy atom. The third kappa shape index (κ3) is 10.9. The van der Waals surface area contributed by atoms with Crippen molar-refractivity contribution < 1.29 is 0 Å². The highest BCUT2D eigenvalue weighted by atomic mass is 14.1. The predicted molar refractivity (Wildman–Crippen MR) is 62.1 cm³/mol. The second-order valence-electron chi connectivity index (χ2n) is 5.56. The Morgan fingerprint density at radius 3 is 1.14 bits per heavy atom. The van der Waals surface area contributed by atoms with Crippen molar-refractivity contribution in [3.63, 3.8) is 0 Å². The van der Waals surface area contributed by atoms with Gasteiger partial charge in [-0.3, -0.25) is 0 Å². The van der Waals surface area contributed by atoms with Crippen LogP contribution >= 0.6 is 0 Å². The zero-order valence-electron chi connectivity index (χ0n) is 10.2. The molecule has 0 saturated heterocycles. The van der Waals surface area contributed by atoms with Gasteiger partial charge in [0.1, 0.15) is 0 Å². The Kier molecular flexibility index (Phi) is 4.52. The molecule has 0 aliphatic carbocycles. The van der Waals surface area contributed by atoms with Crippen LogP contribution in [0.4, 0.5) is 0 Å². The fourth-order valence-electron chi connectivity index (χ4n) is 0.577. The highest BCUT2D eigenvalue weighted by Crippen LogP contribution is 2.13. The Bertz CT molecular complexity index is 294. The van der Waals surface area contributed by atoms with Crippen molar-refractivity contribution >= 4 is 0 Å². The minimum atomic E-state index is 0.155. The normalized spacial score (nSPS) is 10.4. The molecule has 0 aromatic rings. The number of hydrogen-bond acceptors (Lipinski definition) is 0. The number of allylic oxidation sites excluding steroid dienone is 2. The van der Waals surface area contributed by atoms with Crippen molar-refractivity contribution in [3.8, 4) is 0 Å². The van der Waals surface area contributed by atoms with Gasteiger partial charge in [-0.2, -0.15) is 0 Å². The smallest absolute Gasteiger partial charge is 0.0105 e. The molecule has 0 aliphatic heterocycles. The number of hydrogen-bond donors (Lipinski definition) is 0. The van der Waals surface area contributed by atoms with Crippen LogP contribution in [0.25, 0.3) is 0 Å². The monoisotopic (exact) mass is 188 g/mol. The third-order valence-electron chi connectivity index (χ3n) is 1.22. The minimum absolute atomic E-state index is 0.155. The van der Waals surface area contributed by atoms with Gasteiger partial charge in [-0.05, 0) is 34.4 Å². The van der Waals surface area contributed by atoms with Crippen molar-refractivity contribution in [2.24, 2.45) is 10.8 Å². The van der Waals surface area contributed by atoms with Gasteiger partial charge in [0.05, 0.1) is 0 Å². The molecule has 0 spiro atoms. The molecule has 76 valence electrons. The van der Waals surface area contributed by atoms with Crippen LogP contribution in [-0.4, -0.2) is 0 Å². The van der Waals surface area contributed by atoms with Crippen molar-refractivity contribution in [2.45, 2.75) is 41.5 Å². The van der Waals surface area contributed by atoms with Crippen LogP contribution in [0.5, 0.6) is 0 Å². The second kappa shape index (κ2) is 4.92. The second-order valence-corrected chi connectivity index (χ2v) is 5.56. The molecular formula is C14H20. The van der Waals surface area contributed by atoms with Crippen molar-refractivity contribution in [1.82, 2.24) is 0 Å². The highest BCUT2D eigenvalue weighted by molar-refractivity contribution is 4.96. The van der Waals surface area contributed by atoms with Crippen LogP contribution in [0.2, 0.25) is 0 Å². The predicted octanol–water partition coefficient (Wildman–Crippen LogP) is 4.26. The van der Waals surface area contributed by atoms with E-state index in [0.29, 0.717) is 0 Å². The van der Waals surface area contributed by atoms with Crippen LogP contribution in [0.15, 0.2) is 35.1 Å². The first-order valence-corrected chi connectivity index (χ1v) is 4.90. The SMILES string of the molecule is CC(C)(C)C=C=C=C=C=CC(C)(C)C. The van der Waals surface area contributed by atoms with Crippen molar-refractivity contribution in [2.75, 3.05) is 0 Å². The quantitative estimate of drug-likeness (QED) is 0.498. The third-order valence-corrected chi connectivity index (χ3v) is 1.22. The van der Waals surface area contributed by atoms with Crippen LogP contribution < -0.4 is 0 Å². The van der Waals surface area contributed by atoms with E-state index < -0.39 is 0 Å². The maximum Gasteiger partial charge on any atom is -0.0105 e. The molecule has 0 aromatic heterocycles. The Hall–Kier alpha value is -1.14. The molecule has 0 aliphatic rings. The summed E-state index contributed by atoms with van der Waals surface area (Å²) in [6.07, 6.45) is 3.94. The van der Waals surface area contributed by atoms with E-state index >= 15 is 0 Å². The fourth-order valence-corrected chi connectivity index (χ4v) is 0.577. The molecule has 0 heterocycles. The first kappa shape index (κ1) is 12.9. The molecule has 14 heavy (non-hydrogen) atoms. The lowest BCUT2D eigenvalue weighted by Crippen LogP contribution is -1.96. The lowest BCUT2D eigenvalue weighted by atomic mass is 9.97. The maximum absolute atomic E-state index is 2.94. The van der Waals surface area contributed by atoms with E-state index in [1.165, 1.54) is 0 Å². The molecule has 0 radical (unpaired) electrons. The van der Waals surface area contributed by atoms with Gasteiger partial charge in [-0.15, -0.1) is 0 Å². The van der Waals surface area contributed by atoms with Crippen LogP contribution in [0.3, 0.4) is 0 Å². The average Bonchev–Trinajstić information content (AvgIpc) is 1.92. The lowest BCUT2D eigenvalue weighted by molar-refractivity contribution is 0.544. The lowest BCUT2D eigenvalue weighted by Gasteiger charge is -2.07. The summed E-state index contributed by atoms with van der Waals surface area (Å²) in [5.74, 6) is 0. The molecule has 0 N–H and O–H groups in total. The summed E-state index contributed by atoms with van der Waals surface area (Å²) in [7, 11) is 0. The Balaban J connectivity index is 4.77. The average molecular weight is 188 g/mol. The van der Waals surface area contributed by atoms with E-state index in [2.05, 4.69) is 64.5 Å². The minimum Gasteiger partial charge on any atom is -0.0646 e. The Morgan fingerprint density at radius 2 is 0.929 bits per heavy atom. The molecule has 0 saturated carbocycles. The standard InChI is InChI=1S/C14H20/c1-13(2,3)11-9-7-8-10-12-14(4,5)6/h11-12H,1-6H3. The summed E-state index contributed by atoms with van der Waals surface area (Å²) < 4.78 is 0. The largest absolute Gasteiger partial charge is 0.0646 e. The van der Waals surface area contributed by atoms with Crippen LogP contribution in [0, 0.1) is 10.8 Å². The van der Waals surface area contributed by atoms with Crippen molar-refractivity contribution in [3.05, 3.63) is 35.1 Å². The van der Waals surface area contributed by atoms with Crippen LogP contribution in [-0.2, 0) is 0 Å². The first-order chi connectivity index (χ1) is 6.21. The molecule has 0 atom stereocenters. The fraction of sp³-hybridized carbons (Fsp3) is 0.571. The summed E-state index contributed by atoms with van der Waals surface area (Å²) in [4.78, 5) is 0. The molecular weight excluding hydrogens is 168 g/mol. The summed E-state index contributed by atoms with van der Waals surface area (Å²) in [5.41, 5.74) is 11.8. The van der Waals surface area contributed by atoms with Gasteiger partial charge in [-0.1, -0.05) is 53.0 Å². The highest BCUT2D eigenvalue weighted by Gasteiger charge is 2.02. The summed E-state index contributed by atoms with van der Waals surface area (Å²) in [6.45, 7) is 12.7. The van der Waals surface area contributed by atoms with E-state index in [1.807, 2.05) is 12.2 Å². The molecule has 0 nitrogen and oxygen atoms in total. The molecule has 0 bridgehead atoms. The van der Waals surface area contributed by atoms with Gasteiger partial charge in [0, 0.05) is 0 Å². The molecule has 0 rings (SSSR count). The molecule has 0 fully saturated rings. The zero-order chi connectivity index (χ0) is 11.2. The first-order valence-electron chi connectivity index (χ1n) is 4.90. The topological polar surface area (TPSA) is 0 Å². The van der Waals surface area contributed by atoms with E-state index in [4.69, 9.17) is 0 Å². The van der Waals surface area contributed by atoms with Gasteiger partial charge in [-0.25, -0.2) is 0 Å². The summed E-state index contributed by atoms with van der Waals surface area (Å²) >= 11 is 0. The van der Waals surface area contributed by atoms with Gasteiger partial charge in [0.2, 0.25) is 0 Å². The van der Waals surface area contributed by atoms with E-state index in [1.54, 1.807) is 0 Å². The summed E-state index contributed by atoms with van der Waals surface area (Å²) in [5, 5.41) is 0. The zero-order valence-corrected chi connectivity index (χ0v) is 10.2. The van der Waals surface area contributed by atoms with Gasteiger partial charge in [0.25, 0.3) is 0 Å². The van der Waals surface area contributed by atoms with Gasteiger partial charge < -0.3 is 0 Å².